The lowest BCUT2D eigenvalue weighted by Gasteiger charge is -2.23. The molecule has 0 saturated heterocycles. The van der Waals surface area contributed by atoms with Crippen LogP contribution in [-0.4, -0.2) is 36.7 Å². The molecule has 0 bridgehead atoms. The van der Waals surface area contributed by atoms with Crippen molar-refractivity contribution in [2.24, 2.45) is 0 Å². The van der Waals surface area contributed by atoms with Crippen LogP contribution < -0.4 is 5.32 Å². The molecule has 0 unspecified atom stereocenters. The molecule has 1 aliphatic heterocycles. The minimum absolute atomic E-state index is 0.0664. The molecule has 102 valence electrons. The summed E-state index contributed by atoms with van der Waals surface area (Å²) in [6.45, 7) is 7.58. The first-order valence-electron chi connectivity index (χ1n) is 5.78. The Labute approximate surface area is 106 Å². The first-order valence-corrected chi connectivity index (χ1v) is 5.78. The van der Waals surface area contributed by atoms with Crippen molar-refractivity contribution in [2.75, 3.05) is 13.2 Å². The summed E-state index contributed by atoms with van der Waals surface area (Å²) in [4.78, 5) is 23.3. The molecule has 1 amide bonds. The van der Waals surface area contributed by atoms with Crippen LogP contribution in [0.25, 0.3) is 0 Å². The molecule has 0 spiro atoms. The molecule has 1 rings (SSSR count). The molecule has 1 aliphatic rings. The maximum Gasteiger partial charge on any atom is 0.328 e. The molecule has 1 N–H and O–H groups in total. The summed E-state index contributed by atoms with van der Waals surface area (Å²) in [5.74, 6) is -0.919. The van der Waals surface area contributed by atoms with Gasteiger partial charge < -0.3 is 19.5 Å². The van der Waals surface area contributed by atoms with E-state index in [0.717, 1.165) is 0 Å². The summed E-state index contributed by atoms with van der Waals surface area (Å²) in [5.41, 5.74) is -0.584. The van der Waals surface area contributed by atoms with E-state index in [1.807, 2.05) is 0 Å². The number of carbonyl (C=O) groups is 2. The molecule has 0 aromatic carbocycles. The van der Waals surface area contributed by atoms with Crippen molar-refractivity contribution < 1.29 is 23.8 Å². The van der Waals surface area contributed by atoms with E-state index in [9.17, 15) is 9.59 Å². The second-order valence-corrected chi connectivity index (χ2v) is 4.93. The number of hydrogen-bond donors (Lipinski definition) is 1. The van der Waals surface area contributed by atoms with Crippen molar-refractivity contribution in [2.45, 2.75) is 39.3 Å². The molecular formula is C12H19NO5. The molecule has 0 aromatic rings. The molecule has 18 heavy (non-hydrogen) atoms. The second-order valence-electron chi connectivity index (χ2n) is 4.93. The van der Waals surface area contributed by atoms with Crippen molar-refractivity contribution >= 4 is 11.9 Å². The summed E-state index contributed by atoms with van der Waals surface area (Å²) in [7, 11) is 0. The molecule has 0 saturated carbocycles. The van der Waals surface area contributed by atoms with Gasteiger partial charge in [0.25, 0.3) is 5.91 Å². The average Bonchev–Trinajstić information content (AvgIpc) is 2.27. The summed E-state index contributed by atoms with van der Waals surface area (Å²) in [6.07, 6.45) is 1.24. The van der Waals surface area contributed by atoms with E-state index in [0.29, 0.717) is 13.2 Å². The van der Waals surface area contributed by atoms with Crippen LogP contribution in [-0.2, 0) is 23.8 Å². The van der Waals surface area contributed by atoms with Crippen LogP contribution in [0.15, 0.2) is 12.0 Å². The van der Waals surface area contributed by atoms with Gasteiger partial charge in [0.15, 0.2) is 0 Å². The average molecular weight is 257 g/mol. The lowest BCUT2D eigenvalue weighted by atomic mass is 10.2. The van der Waals surface area contributed by atoms with Crippen molar-refractivity contribution in [3.05, 3.63) is 12.0 Å². The Bertz CT molecular complexity index is 356. The van der Waals surface area contributed by atoms with Crippen LogP contribution in [0, 0.1) is 0 Å². The molecule has 0 radical (unpaired) electrons. The van der Waals surface area contributed by atoms with Gasteiger partial charge in [-0.05, 0) is 27.7 Å². The Morgan fingerprint density at radius 3 is 2.56 bits per heavy atom. The lowest BCUT2D eigenvalue weighted by Crippen LogP contribution is -2.43. The van der Waals surface area contributed by atoms with E-state index in [-0.39, 0.29) is 5.76 Å². The predicted molar refractivity (Wildman–Crippen MR) is 63.4 cm³/mol. The highest BCUT2D eigenvalue weighted by molar-refractivity contribution is 5.94. The van der Waals surface area contributed by atoms with E-state index in [4.69, 9.17) is 14.2 Å². The highest BCUT2D eigenvalue weighted by Crippen LogP contribution is 2.09. The van der Waals surface area contributed by atoms with Crippen LogP contribution in [0.1, 0.15) is 27.7 Å². The predicted octanol–water partition coefficient (Wildman–Crippen LogP) is 0.721. The fraction of sp³-hybridized carbons (Fsp3) is 0.667. The Hall–Kier alpha value is -1.72. The van der Waals surface area contributed by atoms with Crippen LogP contribution in [0.5, 0.6) is 0 Å². The van der Waals surface area contributed by atoms with Crippen molar-refractivity contribution in [1.82, 2.24) is 5.32 Å². The van der Waals surface area contributed by atoms with Crippen molar-refractivity contribution in [3.8, 4) is 0 Å². The number of hydrogen-bond acceptors (Lipinski definition) is 5. The zero-order valence-corrected chi connectivity index (χ0v) is 11.1. The van der Waals surface area contributed by atoms with E-state index in [2.05, 4.69) is 5.32 Å². The highest BCUT2D eigenvalue weighted by Gasteiger charge is 2.25. The SMILES string of the molecule is C[C@H](NC(=O)C1=COCCO1)C(=O)OC(C)(C)C. The van der Waals surface area contributed by atoms with E-state index >= 15 is 0 Å². The lowest BCUT2D eigenvalue weighted by molar-refractivity contribution is -0.158. The van der Waals surface area contributed by atoms with E-state index < -0.39 is 23.5 Å². The minimum Gasteiger partial charge on any atom is -0.494 e. The van der Waals surface area contributed by atoms with Crippen molar-refractivity contribution in [1.29, 1.82) is 0 Å². The topological polar surface area (TPSA) is 73.9 Å². The Morgan fingerprint density at radius 2 is 2.06 bits per heavy atom. The Balaban J connectivity index is 2.48. The molecule has 6 heteroatoms. The zero-order chi connectivity index (χ0) is 13.8. The number of carbonyl (C=O) groups excluding carboxylic acids is 2. The fourth-order valence-electron chi connectivity index (χ4n) is 1.20. The van der Waals surface area contributed by atoms with Crippen LogP contribution in [0.3, 0.4) is 0 Å². The van der Waals surface area contributed by atoms with Gasteiger partial charge in [0.05, 0.1) is 0 Å². The van der Waals surface area contributed by atoms with Gasteiger partial charge in [-0.1, -0.05) is 0 Å². The van der Waals surface area contributed by atoms with Gasteiger partial charge in [0.2, 0.25) is 5.76 Å². The first kappa shape index (κ1) is 14.3. The smallest absolute Gasteiger partial charge is 0.328 e. The minimum atomic E-state index is -0.747. The monoisotopic (exact) mass is 257 g/mol. The van der Waals surface area contributed by atoms with Gasteiger partial charge in [-0.3, -0.25) is 4.79 Å². The molecule has 0 aromatic heterocycles. The summed E-state index contributed by atoms with van der Waals surface area (Å²) in [6, 6.07) is -0.747. The second kappa shape index (κ2) is 5.75. The van der Waals surface area contributed by atoms with Crippen LogP contribution in [0.4, 0.5) is 0 Å². The standard InChI is InChI=1S/C12H19NO5/c1-8(11(15)18-12(2,3)4)13-10(14)9-7-16-5-6-17-9/h7-8H,5-6H2,1-4H3,(H,13,14)/t8-/m0/s1. The van der Waals surface area contributed by atoms with E-state index in [1.54, 1.807) is 27.7 Å². The Morgan fingerprint density at radius 1 is 1.39 bits per heavy atom. The number of rotatable bonds is 3. The van der Waals surface area contributed by atoms with E-state index in [1.165, 1.54) is 6.26 Å². The summed E-state index contributed by atoms with van der Waals surface area (Å²) >= 11 is 0. The molecule has 1 atom stereocenters. The number of esters is 1. The van der Waals surface area contributed by atoms with Crippen LogP contribution in [0.2, 0.25) is 0 Å². The van der Waals surface area contributed by atoms with Crippen molar-refractivity contribution in [3.63, 3.8) is 0 Å². The maximum absolute atomic E-state index is 11.7. The largest absolute Gasteiger partial charge is 0.494 e. The summed E-state index contributed by atoms with van der Waals surface area (Å²) in [5, 5.41) is 2.49. The Kier molecular flexibility index (Phi) is 4.58. The number of amides is 1. The molecule has 1 heterocycles. The van der Waals surface area contributed by atoms with Gasteiger partial charge >= 0.3 is 5.97 Å². The number of ether oxygens (including phenoxy) is 3. The normalized spacial score (nSPS) is 16.8. The van der Waals surface area contributed by atoms with Crippen LogP contribution >= 0.6 is 0 Å². The van der Waals surface area contributed by atoms with Gasteiger partial charge in [-0.2, -0.15) is 0 Å². The van der Waals surface area contributed by atoms with Gasteiger partial charge in [-0.15, -0.1) is 0 Å². The molecule has 0 fully saturated rings. The fourth-order valence-corrected chi connectivity index (χ4v) is 1.20. The molecular weight excluding hydrogens is 238 g/mol. The zero-order valence-electron chi connectivity index (χ0n) is 11.1. The summed E-state index contributed by atoms with van der Waals surface area (Å²) < 4.78 is 15.2. The van der Waals surface area contributed by atoms with Gasteiger partial charge in [0.1, 0.15) is 31.1 Å². The number of nitrogens with one attached hydrogen (secondary N) is 1. The quantitative estimate of drug-likeness (QED) is 0.754. The maximum atomic E-state index is 11.7. The third-order valence-corrected chi connectivity index (χ3v) is 1.98. The third-order valence-electron chi connectivity index (χ3n) is 1.98. The third kappa shape index (κ3) is 4.65. The molecule has 0 aliphatic carbocycles. The van der Waals surface area contributed by atoms with Gasteiger partial charge in [-0.25, -0.2) is 4.79 Å². The molecule has 6 nitrogen and oxygen atoms in total. The first-order chi connectivity index (χ1) is 8.29. The van der Waals surface area contributed by atoms with Gasteiger partial charge in [0, 0.05) is 0 Å². The highest BCUT2D eigenvalue weighted by atomic mass is 16.6.